The minimum atomic E-state index is -4.70. The topological polar surface area (TPSA) is 33.2 Å². The predicted molar refractivity (Wildman–Crippen MR) is 101 cm³/mol. The summed E-state index contributed by atoms with van der Waals surface area (Å²) in [5.74, 6) is -1.47. The van der Waals surface area contributed by atoms with Gasteiger partial charge in [0.1, 0.15) is 17.8 Å². The average Bonchev–Trinajstić information content (AvgIpc) is 2.67. The molecular formula is C20H24F6N2O. The molecule has 29 heavy (non-hydrogen) atoms. The Kier molecular flexibility index (Phi) is 8.06. The van der Waals surface area contributed by atoms with Gasteiger partial charge in [0, 0.05) is 24.0 Å². The number of carbonyl (C=O) groups excluding carboxylic acids is 1. The maximum absolute atomic E-state index is 13.2. The second-order valence-electron chi connectivity index (χ2n) is 6.23. The molecule has 3 nitrogen and oxygen atoms in total. The van der Waals surface area contributed by atoms with Crippen molar-refractivity contribution in [2.24, 2.45) is 5.92 Å². The van der Waals surface area contributed by atoms with Crippen molar-refractivity contribution in [2.45, 2.75) is 46.5 Å². The van der Waals surface area contributed by atoms with E-state index in [1.807, 2.05) is 13.8 Å². The number of fused-ring (bicyclic) bond motifs is 1. The molecule has 1 saturated heterocycles. The number of carbonyl (C=O) groups is 1. The van der Waals surface area contributed by atoms with E-state index < -0.39 is 24.0 Å². The molecule has 2 heterocycles. The second-order valence-corrected chi connectivity index (χ2v) is 6.23. The summed E-state index contributed by atoms with van der Waals surface area (Å²) in [6, 6.07) is 5.06. The van der Waals surface area contributed by atoms with Crippen LogP contribution < -0.4 is 4.90 Å². The zero-order valence-corrected chi connectivity index (χ0v) is 15.4. The maximum Gasteiger partial charge on any atom is 0.433 e. The molecule has 0 atom stereocenters. The Morgan fingerprint density at radius 3 is 2.10 bits per heavy atom. The highest BCUT2D eigenvalue weighted by atomic mass is 19.4. The molecule has 9 heteroatoms. The summed E-state index contributed by atoms with van der Waals surface area (Å²) in [5.41, 5.74) is -0.931. The molecule has 162 valence electrons. The number of alkyl halides is 6. The summed E-state index contributed by atoms with van der Waals surface area (Å²) < 4.78 is 77.9. The van der Waals surface area contributed by atoms with Crippen LogP contribution in [0.15, 0.2) is 24.3 Å². The van der Waals surface area contributed by atoms with E-state index >= 15 is 0 Å². The maximum atomic E-state index is 13.2. The van der Waals surface area contributed by atoms with Gasteiger partial charge in [-0.1, -0.05) is 27.3 Å². The highest BCUT2D eigenvalue weighted by Gasteiger charge is 2.41. The number of benzene rings is 1. The normalized spacial score (nSPS) is 15.4. The van der Waals surface area contributed by atoms with Gasteiger partial charge in [0.25, 0.3) is 0 Å². The van der Waals surface area contributed by atoms with Gasteiger partial charge in [0.2, 0.25) is 0 Å². The number of nitrogens with zero attached hydrogens (tertiary/aromatic N) is 2. The molecule has 2 aromatic rings. The van der Waals surface area contributed by atoms with Gasteiger partial charge in [-0.15, -0.1) is 0 Å². The number of hydrogen-bond donors (Lipinski definition) is 0. The Morgan fingerprint density at radius 1 is 1.03 bits per heavy atom. The minimum Gasteiger partial charge on any atom is -0.356 e. The molecular weight excluding hydrogens is 398 g/mol. The fraction of sp³-hybridized carbons (Fsp3) is 0.500. The van der Waals surface area contributed by atoms with Gasteiger partial charge in [0.05, 0.1) is 5.92 Å². The highest BCUT2D eigenvalue weighted by Crippen LogP contribution is 2.38. The lowest BCUT2D eigenvalue weighted by Gasteiger charge is -2.34. The first-order chi connectivity index (χ1) is 13.1. The van der Waals surface area contributed by atoms with E-state index in [1.54, 1.807) is 0 Å². The number of anilines is 1. The first-order valence-electron chi connectivity index (χ1n) is 8.88. The van der Waals surface area contributed by atoms with Crippen molar-refractivity contribution in [3.8, 4) is 0 Å². The Bertz CT molecular complexity index is 824. The summed E-state index contributed by atoms with van der Waals surface area (Å²) in [5, 5.41) is 0.541. The summed E-state index contributed by atoms with van der Waals surface area (Å²) in [7, 11) is 0. The van der Waals surface area contributed by atoms with E-state index in [0.717, 1.165) is 6.07 Å². The number of halogens is 6. The Balaban J connectivity index is 0.00000136. The van der Waals surface area contributed by atoms with Gasteiger partial charge >= 0.3 is 12.4 Å². The molecule has 1 fully saturated rings. The monoisotopic (exact) mass is 422 g/mol. The molecule has 1 aromatic carbocycles. The van der Waals surface area contributed by atoms with E-state index in [0.29, 0.717) is 11.7 Å². The lowest BCUT2D eigenvalue weighted by Crippen LogP contribution is -2.39. The van der Waals surface area contributed by atoms with Crippen LogP contribution >= 0.6 is 0 Å². The van der Waals surface area contributed by atoms with Crippen LogP contribution in [0.5, 0.6) is 0 Å². The number of aromatic nitrogens is 1. The van der Waals surface area contributed by atoms with Crippen LogP contribution in [0, 0.1) is 5.92 Å². The van der Waals surface area contributed by atoms with Crippen LogP contribution in [0.1, 0.15) is 50.2 Å². The van der Waals surface area contributed by atoms with Crippen LogP contribution in [0.25, 0.3) is 10.8 Å². The minimum absolute atomic E-state index is 0. The summed E-state index contributed by atoms with van der Waals surface area (Å²) in [4.78, 5) is 16.0. The third kappa shape index (κ3) is 5.61. The molecule has 1 aliphatic heterocycles. The first-order valence-corrected chi connectivity index (χ1v) is 8.88. The van der Waals surface area contributed by atoms with Crippen LogP contribution in [0.3, 0.4) is 0 Å². The van der Waals surface area contributed by atoms with Crippen molar-refractivity contribution in [2.75, 3.05) is 18.0 Å². The van der Waals surface area contributed by atoms with Crippen molar-refractivity contribution >= 4 is 22.9 Å². The zero-order valence-electron chi connectivity index (χ0n) is 15.4. The summed E-state index contributed by atoms with van der Waals surface area (Å²) in [6.45, 7) is 3.92. The zero-order chi connectivity index (χ0) is 21.1. The summed E-state index contributed by atoms with van der Waals surface area (Å²) in [6.07, 6.45) is -8.90. The molecule has 0 amide bonds. The van der Waals surface area contributed by atoms with Gasteiger partial charge in [0.15, 0.2) is 0 Å². The number of pyridine rings is 1. The van der Waals surface area contributed by atoms with Gasteiger partial charge < -0.3 is 4.90 Å². The van der Waals surface area contributed by atoms with Crippen molar-refractivity contribution in [1.29, 1.82) is 0 Å². The molecule has 0 saturated carbocycles. The molecule has 0 unspecified atom stereocenters. The Labute approximate surface area is 165 Å². The number of aldehydes is 1. The third-order valence-electron chi connectivity index (χ3n) is 4.52. The number of piperidine rings is 1. The largest absolute Gasteiger partial charge is 0.433 e. The SMILES string of the molecule is C.CC.O=Cc1ccc2c(N3CCC(C(F)(F)F)CC3)nc(C(F)(F)F)cc2c1. The first kappa shape index (κ1) is 24.7. The van der Waals surface area contributed by atoms with Gasteiger partial charge in [-0.2, -0.15) is 26.3 Å². The van der Waals surface area contributed by atoms with Gasteiger partial charge in [-0.3, -0.25) is 4.79 Å². The molecule has 1 aromatic heterocycles. The molecule has 3 rings (SSSR count). The van der Waals surface area contributed by atoms with Crippen molar-refractivity contribution in [3.63, 3.8) is 0 Å². The molecule has 0 radical (unpaired) electrons. The molecule has 1 aliphatic rings. The Morgan fingerprint density at radius 2 is 1.62 bits per heavy atom. The second kappa shape index (κ2) is 9.45. The summed E-state index contributed by atoms with van der Waals surface area (Å²) >= 11 is 0. The third-order valence-corrected chi connectivity index (χ3v) is 4.52. The fourth-order valence-corrected chi connectivity index (χ4v) is 3.14. The molecule has 0 bridgehead atoms. The average molecular weight is 422 g/mol. The number of rotatable bonds is 2. The van der Waals surface area contributed by atoms with E-state index in [-0.39, 0.29) is 50.1 Å². The molecule has 0 N–H and O–H groups in total. The van der Waals surface area contributed by atoms with E-state index in [2.05, 4.69) is 4.98 Å². The van der Waals surface area contributed by atoms with Crippen LogP contribution in [-0.4, -0.2) is 30.5 Å². The lowest BCUT2D eigenvalue weighted by molar-refractivity contribution is -0.179. The van der Waals surface area contributed by atoms with E-state index in [4.69, 9.17) is 0 Å². The number of hydrogen-bond acceptors (Lipinski definition) is 3. The van der Waals surface area contributed by atoms with E-state index in [9.17, 15) is 31.1 Å². The van der Waals surface area contributed by atoms with Crippen molar-refractivity contribution in [3.05, 3.63) is 35.5 Å². The standard InChI is InChI=1S/C17H14F6N2O.C2H6.CH4/c18-16(19,20)12-3-5-25(6-4-12)15-13-2-1-10(9-26)7-11(13)8-14(24-15)17(21,22)23;1-2;/h1-2,7-9,12H,3-6H2;1-2H3;1H4. The smallest absolute Gasteiger partial charge is 0.356 e. The van der Waals surface area contributed by atoms with Gasteiger partial charge in [-0.25, -0.2) is 4.98 Å². The van der Waals surface area contributed by atoms with Crippen molar-refractivity contribution in [1.82, 2.24) is 4.98 Å². The van der Waals surface area contributed by atoms with Gasteiger partial charge in [-0.05, 0) is 36.4 Å². The molecule has 0 aliphatic carbocycles. The van der Waals surface area contributed by atoms with Crippen molar-refractivity contribution < 1.29 is 31.1 Å². The quantitative estimate of drug-likeness (QED) is 0.409. The van der Waals surface area contributed by atoms with Crippen LogP contribution in [0.2, 0.25) is 0 Å². The van der Waals surface area contributed by atoms with Crippen LogP contribution in [0.4, 0.5) is 32.2 Å². The predicted octanol–water partition coefficient (Wildman–Crippen LogP) is 6.51. The highest BCUT2D eigenvalue weighted by molar-refractivity contribution is 5.96. The van der Waals surface area contributed by atoms with E-state index in [1.165, 1.54) is 23.1 Å². The fourth-order valence-electron chi connectivity index (χ4n) is 3.14. The Hall–Kier alpha value is -2.32. The molecule has 0 spiro atoms. The lowest BCUT2D eigenvalue weighted by atomic mass is 9.96. The van der Waals surface area contributed by atoms with Crippen LogP contribution in [-0.2, 0) is 6.18 Å².